The minimum Gasteiger partial charge on any atom is -0.382 e. The van der Waals surface area contributed by atoms with Crippen LogP contribution in [0.3, 0.4) is 0 Å². The standard InChI is InChI=1S/C15H12F3N3OS/c16-15(17,18)9-3-4-11-12(8-9)23-14-10(2-1-5-21-14)13(22)20-7-6-19-11/h1-5,8,19H,6-7H2,(H,20,22). The Bertz CT molecular complexity index is 749. The van der Waals surface area contributed by atoms with E-state index < -0.39 is 11.7 Å². The van der Waals surface area contributed by atoms with E-state index in [-0.39, 0.29) is 5.91 Å². The maximum absolute atomic E-state index is 12.9. The maximum atomic E-state index is 12.9. The number of hydrogen-bond acceptors (Lipinski definition) is 4. The van der Waals surface area contributed by atoms with Crippen molar-refractivity contribution < 1.29 is 18.0 Å². The van der Waals surface area contributed by atoms with Crippen LogP contribution in [0.15, 0.2) is 46.5 Å². The van der Waals surface area contributed by atoms with Gasteiger partial charge in [-0.3, -0.25) is 4.79 Å². The molecule has 2 N–H and O–H groups in total. The van der Waals surface area contributed by atoms with Crippen molar-refractivity contribution in [3.8, 4) is 0 Å². The van der Waals surface area contributed by atoms with Crippen LogP contribution in [-0.2, 0) is 6.18 Å². The summed E-state index contributed by atoms with van der Waals surface area (Å²) in [7, 11) is 0. The molecule has 0 unspecified atom stereocenters. The minimum absolute atomic E-state index is 0.294. The van der Waals surface area contributed by atoms with Crippen molar-refractivity contribution in [2.45, 2.75) is 16.1 Å². The van der Waals surface area contributed by atoms with Crippen LogP contribution in [0.5, 0.6) is 0 Å². The molecule has 0 saturated carbocycles. The number of anilines is 1. The Morgan fingerprint density at radius 3 is 2.70 bits per heavy atom. The van der Waals surface area contributed by atoms with Crippen molar-refractivity contribution in [2.75, 3.05) is 18.4 Å². The van der Waals surface area contributed by atoms with Gasteiger partial charge in [-0.25, -0.2) is 4.98 Å². The van der Waals surface area contributed by atoms with E-state index in [0.717, 1.165) is 23.9 Å². The third-order valence-electron chi connectivity index (χ3n) is 3.26. The lowest BCUT2D eigenvalue weighted by molar-refractivity contribution is -0.137. The van der Waals surface area contributed by atoms with Crippen molar-refractivity contribution in [2.24, 2.45) is 0 Å². The molecule has 2 heterocycles. The molecule has 0 atom stereocenters. The van der Waals surface area contributed by atoms with E-state index in [0.29, 0.717) is 34.3 Å². The normalized spacial score (nSPS) is 15.0. The van der Waals surface area contributed by atoms with Gasteiger partial charge in [0.1, 0.15) is 5.03 Å². The molecule has 0 fully saturated rings. The molecule has 1 aromatic carbocycles. The Morgan fingerprint density at radius 2 is 1.91 bits per heavy atom. The van der Waals surface area contributed by atoms with E-state index in [2.05, 4.69) is 15.6 Å². The predicted molar refractivity (Wildman–Crippen MR) is 80.6 cm³/mol. The van der Waals surface area contributed by atoms with Gasteiger partial charge in [0, 0.05) is 29.9 Å². The lowest BCUT2D eigenvalue weighted by Gasteiger charge is -2.17. The summed E-state index contributed by atoms with van der Waals surface area (Å²) in [4.78, 5) is 16.6. The van der Waals surface area contributed by atoms with Crippen LogP contribution in [-0.4, -0.2) is 24.0 Å². The monoisotopic (exact) mass is 339 g/mol. The molecule has 0 bridgehead atoms. The van der Waals surface area contributed by atoms with E-state index in [4.69, 9.17) is 0 Å². The lowest BCUT2D eigenvalue weighted by atomic mass is 10.2. The Morgan fingerprint density at radius 1 is 1.13 bits per heavy atom. The summed E-state index contributed by atoms with van der Waals surface area (Å²) in [6.07, 6.45) is -2.92. The molecule has 0 aliphatic carbocycles. The highest BCUT2D eigenvalue weighted by molar-refractivity contribution is 7.99. The van der Waals surface area contributed by atoms with Crippen LogP contribution in [0.1, 0.15) is 15.9 Å². The largest absolute Gasteiger partial charge is 0.416 e. The molecule has 0 radical (unpaired) electrons. The maximum Gasteiger partial charge on any atom is 0.416 e. The summed E-state index contributed by atoms with van der Waals surface area (Å²) in [5, 5.41) is 6.14. The smallest absolute Gasteiger partial charge is 0.382 e. The third kappa shape index (κ3) is 3.42. The van der Waals surface area contributed by atoms with E-state index >= 15 is 0 Å². The highest BCUT2D eigenvalue weighted by atomic mass is 32.2. The van der Waals surface area contributed by atoms with Crippen LogP contribution < -0.4 is 10.6 Å². The fourth-order valence-electron chi connectivity index (χ4n) is 2.15. The highest BCUT2D eigenvalue weighted by Gasteiger charge is 2.31. The number of benzene rings is 1. The number of alkyl halides is 3. The van der Waals surface area contributed by atoms with Crippen molar-refractivity contribution in [1.29, 1.82) is 0 Å². The summed E-state index contributed by atoms with van der Waals surface area (Å²) >= 11 is 1.04. The summed E-state index contributed by atoms with van der Waals surface area (Å²) in [5.74, 6) is -0.294. The quantitative estimate of drug-likeness (QED) is 0.772. The zero-order valence-electron chi connectivity index (χ0n) is 11.8. The van der Waals surface area contributed by atoms with Gasteiger partial charge in [-0.05, 0) is 30.3 Å². The number of hydrogen-bond donors (Lipinski definition) is 2. The number of fused-ring (bicyclic) bond motifs is 2. The van der Waals surface area contributed by atoms with E-state index in [9.17, 15) is 18.0 Å². The molecule has 120 valence electrons. The van der Waals surface area contributed by atoms with Gasteiger partial charge in [0.05, 0.1) is 11.1 Å². The number of nitrogens with one attached hydrogen (secondary N) is 2. The van der Waals surface area contributed by atoms with Crippen LogP contribution in [0.4, 0.5) is 18.9 Å². The number of rotatable bonds is 0. The Hall–Kier alpha value is -2.22. The topological polar surface area (TPSA) is 54.0 Å². The molecule has 0 spiro atoms. The van der Waals surface area contributed by atoms with Gasteiger partial charge in [-0.1, -0.05) is 11.8 Å². The Balaban J connectivity index is 2.08. The lowest BCUT2D eigenvalue weighted by Crippen LogP contribution is -2.30. The molecule has 3 rings (SSSR count). The van der Waals surface area contributed by atoms with Gasteiger partial charge >= 0.3 is 6.18 Å². The molecule has 1 aliphatic rings. The molecular formula is C15H12F3N3OS. The molecule has 23 heavy (non-hydrogen) atoms. The number of carbonyl (C=O) groups excluding carboxylic acids is 1. The van der Waals surface area contributed by atoms with Crippen LogP contribution >= 0.6 is 11.8 Å². The summed E-state index contributed by atoms with van der Waals surface area (Å²) in [6, 6.07) is 6.74. The van der Waals surface area contributed by atoms with Gasteiger partial charge in [-0.2, -0.15) is 13.2 Å². The molecule has 1 amide bonds. The summed E-state index contributed by atoms with van der Waals surface area (Å²) in [5.41, 5.74) is 0.197. The second-order valence-electron chi connectivity index (χ2n) is 4.85. The van der Waals surface area contributed by atoms with Crippen LogP contribution in [0, 0.1) is 0 Å². The van der Waals surface area contributed by atoms with E-state index in [1.54, 1.807) is 12.1 Å². The van der Waals surface area contributed by atoms with Crippen molar-refractivity contribution in [3.05, 3.63) is 47.7 Å². The predicted octanol–water partition coefficient (Wildman–Crippen LogP) is 3.41. The number of amides is 1. The van der Waals surface area contributed by atoms with Gasteiger partial charge in [0.15, 0.2) is 0 Å². The van der Waals surface area contributed by atoms with Gasteiger partial charge in [0.2, 0.25) is 0 Å². The SMILES string of the molecule is O=C1NCCNc2ccc(C(F)(F)F)cc2Sc2ncccc21. The molecule has 4 nitrogen and oxygen atoms in total. The van der Waals surface area contributed by atoms with Crippen molar-refractivity contribution >= 4 is 23.4 Å². The second-order valence-corrected chi connectivity index (χ2v) is 5.88. The second kappa shape index (κ2) is 6.11. The number of nitrogens with zero attached hydrogens (tertiary/aromatic N) is 1. The van der Waals surface area contributed by atoms with Gasteiger partial charge in [-0.15, -0.1) is 0 Å². The van der Waals surface area contributed by atoms with E-state index in [1.807, 2.05) is 0 Å². The molecular weight excluding hydrogens is 327 g/mol. The summed E-state index contributed by atoms with van der Waals surface area (Å²) < 4.78 is 38.8. The zero-order chi connectivity index (χ0) is 16.4. The average Bonchev–Trinajstić information content (AvgIpc) is 2.51. The average molecular weight is 339 g/mol. The van der Waals surface area contributed by atoms with E-state index in [1.165, 1.54) is 12.3 Å². The molecule has 2 aromatic rings. The zero-order valence-corrected chi connectivity index (χ0v) is 12.6. The summed E-state index contributed by atoms with van der Waals surface area (Å²) in [6.45, 7) is 0.776. The number of aromatic nitrogens is 1. The number of pyridine rings is 1. The number of halogens is 3. The molecule has 1 aliphatic heterocycles. The molecule has 0 saturated heterocycles. The Labute approximate surface area is 134 Å². The third-order valence-corrected chi connectivity index (χ3v) is 4.33. The highest BCUT2D eigenvalue weighted by Crippen LogP contribution is 2.39. The number of carbonyl (C=O) groups is 1. The Kier molecular flexibility index (Phi) is 4.16. The van der Waals surface area contributed by atoms with Crippen LogP contribution in [0.2, 0.25) is 0 Å². The van der Waals surface area contributed by atoms with Gasteiger partial charge < -0.3 is 10.6 Å². The first-order valence-electron chi connectivity index (χ1n) is 6.81. The molecule has 8 heteroatoms. The molecule has 1 aromatic heterocycles. The van der Waals surface area contributed by atoms with Crippen molar-refractivity contribution in [1.82, 2.24) is 10.3 Å². The fraction of sp³-hybridized carbons (Fsp3) is 0.200. The van der Waals surface area contributed by atoms with Gasteiger partial charge in [0.25, 0.3) is 5.91 Å². The van der Waals surface area contributed by atoms with Crippen molar-refractivity contribution in [3.63, 3.8) is 0 Å². The van der Waals surface area contributed by atoms with Crippen LogP contribution in [0.25, 0.3) is 0 Å². The first kappa shape index (κ1) is 15.7. The minimum atomic E-state index is -4.42. The first-order valence-corrected chi connectivity index (χ1v) is 7.63. The first-order chi connectivity index (χ1) is 10.9. The fourth-order valence-corrected chi connectivity index (χ4v) is 3.18.